The molecule has 2 aromatic rings. The summed E-state index contributed by atoms with van der Waals surface area (Å²) >= 11 is 11.8. The fourth-order valence-corrected chi connectivity index (χ4v) is 3.43. The molecule has 2 rings (SSSR count). The second-order valence-corrected chi connectivity index (χ2v) is 6.88. The summed E-state index contributed by atoms with van der Waals surface area (Å²) in [6.45, 7) is 2.17. The van der Waals surface area contributed by atoms with Crippen molar-refractivity contribution in [3.05, 3.63) is 63.6 Å². The van der Waals surface area contributed by atoms with Gasteiger partial charge >= 0.3 is 0 Å². The van der Waals surface area contributed by atoms with Crippen LogP contribution in [-0.2, 0) is 16.6 Å². The van der Waals surface area contributed by atoms with E-state index in [2.05, 4.69) is 4.72 Å². The molecule has 0 heterocycles. The van der Waals surface area contributed by atoms with Crippen molar-refractivity contribution in [2.24, 2.45) is 0 Å². The smallest absolute Gasteiger partial charge is 0.207 e. The van der Waals surface area contributed by atoms with Crippen molar-refractivity contribution in [1.29, 1.82) is 0 Å². The minimum Gasteiger partial charge on any atom is -0.207 e. The van der Waals surface area contributed by atoms with Crippen molar-refractivity contribution < 1.29 is 8.42 Å². The Balaban J connectivity index is 2.19. The van der Waals surface area contributed by atoms with E-state index in [1.165, 1.54) is 6.07 Å². The number of halogens is 2. The number of benzene rings is 2. The molecular formula is C14H13Cl2NO2S. The zero-order valence-electron chi connectivity index (χ0n) is 10.7. The monoisotopic (exact) mass is 329 g/mol. The zero-order chi connectivity index (χ0) is 14.8. The van der Waals surface area contributed by atoms with Gasteiger partial charge in [0.25, 0.3) is 0 Å². The molecule has 6 heteroatoms. The lowest BCUT2D eigenvalue weighted by atomic mass is 10.2. The quantitative estimate of drug-likeness (QED) is 0.927. The molecule has 1 N–H and O–H groups in total. The Morgan fingerprint density at radius 1 is 1.05 bits per heavy atom. The summed E-state index contributed by atoms with van der Waals surface area (Å²) in [5.74, 6) is 0. The summed E-state index contributed by atoms with van der Waals surface area (Å²) in [7, 11) is -3.69. The average molecular weight is 330 g/mol. The first kappa shape index (κ1) is 15.3. The summed E-state index contributed by atoms with van der Waals surface area (Å²) in [6, 6.07) is 12.1. The van der Waals surface area contributed by atoms with Crippen molar-refractivity contribution in [1.82, 2.24) is 4.72 Å². The maximum Gasteiger partial charge on any atom is 0.242 e. The Labute approximate surface area is 128 Å². The van der Waals surface area contributed by atoms with E-state index in [0.29, 0.717) is 0 Å². The van der Waals surface area contributed by atoms with E-state index in [-0.39, 0.29) is 21.5 Å². The molecule has 3 nitrogen and oxygen atoms in total. The van der Waals surface area contributed by atoms with E-state index < -0.39 is 10.0 Å². The Hall–Kier alpha value is -1.07. The maximum atomic E-state index is 12.2. The SMILES string of the molecule is Cc1ccc(CNS(=O)(=O)c2cccc(Cl)c2Cl)cc1. The predicted octanol–water partition coefficient (Wildman–Crippen LogP) is 3.78. The van der Waals surface area contributed by atoms with Crippen molar-refractivity contribution in [2.75, 3.05) is 0 Å². The third-order valence-corrected chi connectivity index (χ3v) is 5.17. The molecule has 0 aliphatic rings. The second-order valence-electron chi connectivity index (χ2n) is 4.36. The second kappa shape index (κ2) is 6.14. The van der Waals surface area contributed by atoms with Gasteiger partial charge in [0.05, 0.1) is 10.0 Å². The van der Waals surface area contributed by atoms with Gasteiger partial charge in [0.15, 0.2) is 0 Å². The Bertz CT molecular complexity index is 712. The molecular weight excluding hydrogens is 317 g/mol. The molecule has 20 heavy (non-hydrogen) atoms. The molecule has 2 aromatic carbocycles. The summed E-state index contributed by atoms with van der Waals surface area (Å²) in [4.78, 5) is -0.0150. The van der Waals surface area contributed by atoms with Crippen LogP contribution in [0.3, 0.4) is 0 Å². The van der Waals surface area contributed by atoms with Gasteiger partial charge in [0.2, 0.25) is 10.0 Å². The minimum atomic E-state index is -3.69. The van der Waals surface area contributed by atoms with Crippen LogP contribution in [0.1, 0.15) is 11.1 Å². The molecule has 0 bridgehead atoms. The first-order valence-corrected chi connectivity index (χ1v) is 8.13. The molecule has 0 unspecified atom stereocenters. The lowest BCUT2D eigenvalue weighted by molar-refractivity contribution is 0.581. The normalized spacial score (nSPS) is 11.6. The standard InChI is InChI=1S/C14H13Cl2NO2S/c1-10-5-7-11(8-6-10)9-17-20(18,19)13-4-2-3-12(15)14(13)16/h2-8,17H,9H2,1H3. The molecule has 0 fully saturated rings. The Morgan fingerprint density at radius 2 is 1.70 bits per heavy atom. The van der Waals surface area contributed by atoms with Crippen LogP contribution in [0.4, 0.5) is 0 Å². The summed E-state index contributed by atoms with van der Waals surface area (Å²) < 4.78 is 26.9. The molecule has 0 atom stereocenters. The van der Waals surface area contributed by atoms with E-state index in [1.807, 2.05) is 31.2 Å². The highest BCUT2D eigenvalue weighted by Gasteiger charge is 2.18. The zero-order valence-corrected chi connectivity index (χ0v) is 13.1. The predicted molar refractivity (Wildman–Crippen MR) is 81.7 cm³/mol. The van der Waals surface area contributed by atoms with Crippen LogP contribution in [0.15, 0.2) is 47.4 Å². The molecule has 106 valence electrons. The van der Waals surface area contributed by atoms with E-state index >= 15 is 0 Å². The van der Waals surface area contributed by atoms with E-state index in [0.717, 1.165) is 11.1 Å². The third kappa shape index (κ3) is 3.52. The number of hydrogen-bond donors (Lipinski definition) is 1. The Kier molecular flexibility index (Phi) is 4.70. The van der Waals surface area contributed by atoms with Gasteiger partial charge in [-0.15, -0.1) is 0 Å². The van der Waals surface area contributed by atoms with E-state index in [1.54, 1.807) is 12.1 Å². The van der Waals surface area contributed by atoms with Crippen LogP contribution in [0, 0.1) is 6.92 Å². The molecule has 0 saturated carbocycles. The molecule has 0 aliphatic heterocycles. The number of nitrogens with one attached hydrogen (secondary N) is 1. The molecule has 0 spiro atoms. The first-order chi connectivity index (χ1) is 9.40. The van der Waals surface area contributed by atoms with Gasteiger partial charge in [-0.05, 0) is 24.6 Å². The Morgan fingerprint density at radius 3 is 2.35 bits per heavy atom. The van der Waals surface area contributed by atoms with Gasteiger partial charge in [-0.25, -0.2) is 13.1 Å². The summed E-state index contributed by atoms with van der Waals surface area (Å²) in [6.07, 6.45) is 0. The van der Waals surface area contributed by atoms with Gasteiger partial charge in [-0.1, -0.05) is 59.1 Å². The highest BCUT2D eigenvalue weighted by molar-refractivity contribution is 7.89. The lowest BCUT2D eigenvalue weighted by Crippen LogP contribution is -2.23. The van der Waals surface area contributed by atoms with E-state index in [9.17, 15) is 8.42 Å². The van der Waals surface area contributed by atoms with Crippen molar-refractivity contribution >= 4 is 33.2 Å². The lowest BCUT2D eigenvalue weighted by Gasteiger charge is -2.09. The van der Waals surface area contributed by atoms with Crippen LogP contribution >= 0.6 is 23.2 Å². The van der Waals surface area contributed by atoms with Crippen LogP contribution < -0.4 is 4.72 Å². The number of sulfonamides is 1. The highest BCUT2D eigenvalue weighted by atomic mass is 35.5. The van der Waals surface area contributed by atoms with E-state index in [4.69, 9.17) is 23.2 Å². The average Bonchev–Trinajstić information content (AvgIpc) is 2.41. The molecule has 0 amide bonds. The summed E-state index contributed by atoms with van der Waals surface area (Å²) in [5, 5.41) is 0.246. The van der Waals surface area contributed by atoms with Gasteiger partial charge in [-0.2, -0.15) is 0 Å². The van der Waals surface area contributed by atoms with Crippen molar-refractivity contribution in [3.8, 4) is 0 Å². The first-order valence-electron chi connectivity index (χ1n) is 5.89. The van der Waals surface area contributed by atoms with Crippen molar-refractivity contribution in [3.63, 3.8) is 0 Å². The van der Waals surface area contributed by atoms with Crippen LogP contribution in [0.25, 0.3) is 0 Å². The van der Waals surface area contributed by atoms with Crippen LogP contribution in [0.5, 0.6) is 0 Å². The van der Waals surface area contributed by atoms with Crippen LogP contribution in [-0.4, -0.2) is 8.42 Å². The maximum absolute atomic E-state index is 12.2. The largest absolute Gasteiger partial charge is 0.242 e. The summed E-state index contributed by atoms with van der Waals surface area (Å²) in [5.41, 5.74) is 1.99. The molecule has 0 radical (unpaired) electrons. The fourth-order valence-electron chi connectivity index (χ4n) is 1.65. The van der Waals surface area contributed by atoms with Gasteiger partial charge in [-0.3, -0.25) is 0 Å². The number of aryl methyl sites for hydroxylation is 1. The van der Waals surface area contributed by atoms with Gasteiger partial charge in [0.1, 0.15) is 4.90 Å². The number of hydrogen-bond acceptors (Lipinski definition) is 2. The molecule has 0 saturated heterocycles. The fraction of sp³-hybridized carbons (Fsp3) is 0.143. The third-order valence-electron chi connectivity index (χ3n) is 2.79. The van der Waals surface area contributed by atoms with Crippen molar-refractivity contribution in [2.45, 2.75) is 18.4 Å². The topological polar surface area (TPSA) is 46.2 Å². The molecule has 0 aliphatic carbocycles. The molecule has 0 aromatic heterocycles. The number of rotatable bonds is 4. The minimum absolute atomic E-state index is 0.0150. The van der Waals surface area contributed by atoms with Gasteiger partial charge in [0, 0.05) is 6.54 Å². The van der Waals surface area contributed by atoms with Crippen LogP contribution in [0.2, 0.25) is 10.0 Å². The van der Waals surface area contributed by atoms with Gasteiger partial charge < -0.3 is 0 Å². The highest BCUT2D eigenvalue weighted by Crippen LogP contribution is 2.28.